The zero-order valence-corrected chi connectivity index (χ0v) is 41.6. The van der Waals surface area contributed by atoms with Gasteiger partial charge in [0.25, 0.3) is 0 Å². The van der Waals surface area contributed by atoms with E-state index < -0.39 is 28.2 Å². The average molecular weight is 861 g/mol. The third-order valence-corrected chi connectivity index (χ3v) is 14.7. The molecule has 7 nitrogen and oxygen atoms in total. The molecule has 0 spiro atoms. The van der Waals surface area contributed by atoms with E-state index in [4.69, 9.17) is 19.6 Å². The van der Waals surface area contributed by atoms with Gasteiger partial charge >= 0.3 is 17.2 Å². The average Bonchev–Trinajstić information content (AvgIpc) is 3.14. The molecule has 0 unspecified atom stereocenters. The molecule has 0 heterocycles. The Bertz CT molecular complexity index is 1430. The molecule has 0 radical (unpaired) electrons. The van der Waals surface area contributed by atoms with Crippen LogP contribution in [0.1, 0.15) is 225 Å². The van der Waals surface area contributed by atoms with E-state index in [2.05, 4.69) is 126 Å². The van der Waals surface area contributed by atoms with Crippen LogP contribution in [0, 0.1) is 11.8 Å². The molecule has 0 amide bonds. The van der Waals surface area contributed by atoms with Gasteiger partial charge in [0, 0.05) is 6.61 Å². The lowest BCUT2D eigenvalue weighted by Crippen LogP contribution is -2.64. The van der Waals surface area contributed by atoms with Gasteiger partial charge in [0.15, 0.2) is 0 Å². The minimum absolute atomic E-state index is 0.143. The molecule has 6 N–H and O–H groups in total. The van der Waals surface area contributed by atoms with Crippen molar-refractivity contribution in [1.82, 2.24) is 0 Å². The van der Waals surface area contributed by atoms with Gasteiger partial charge in [-0.2, -0.15) is 0 Å². The van der Waals surface area contributed by atoms with Crippen LogP contribution in [-0.4, -0.2) is 42.0 Å². The summed E-state index contributed by atoms with van der Waals surface area (Å²) in [7, 11) is -5.22. The molecule has 4 rings (SSSR count). The predicted molar refractivity (Wildman–Crippen MR) is 250 cm³/mol. The summed E-state index contributed by atoms with van der Waals surface area (Å²) in [4.78, 5) is 31.3. The first kappa shape index (κ1) is 52.4. The highest BCUT2D eigenvalue weighted by Crippen LogP contribution is 2.63. The first-order chi connectivity index (χ1) is 27.2. The first-order valence-corrected chi connectivity index (χ1v) is 25.3. The van der Waals surface area contributed by atoms with Crippen LogP contribution in [0.3, 0.4) is 0 Å². The Kier molecular flexibility index (Phi) is 18.8. The summed E-state index contributed by atoms with van der Waals surface area (Å²) in [6, 6.07) is 10.2. The van der Waals surface area contributed by atoms with Crippen molar-refractivity contribution in [2.45, 2.75) is 226 Å². The van der Waals surface area contributed by atoms with Crippen LogP contribution in [0.4, 0.5) is 0 Å². The van der Waals surface area contributed by atoms with E-state index in [0.717, 1.165) is 57.8 Å². The number of aryl methyl sites for hydroxylation is 2. The van der Waals surface area contributed by atoms with E-state index in [0.29, 0.717) is 0 Å². The number of unbranched alkanes of at least 4 members (excludes halogenated alkanes) is 1. The Morgan fingerprint density at radius 2 is 0.831 bits per heavy atom. The molecule has 2 saturated carbocycles. The van der Waals surface area contributed by atoms with Crippen LogP contribution in [0.15, 0.2) is 24.3 Å². The van der Waals surface area contributed by atoms with Crippen molar-refractivity contribution < 1.29 is 34.1 Å². The Labute approximate surface area is 363 Å². The SMILES string of the molecule is CCc1cc(C(C)(C)C)c(C(CCCCO)(c2c(C(C)(C)C)cc(CC)cc2C(C)(C)C)C(O)(C2CCCCC2)C2CCCCC2)c(C(C)(C)C)c1.OP(O)OP(O)O. The quantitative estimate of drug-likeness (QED) is 0.0873. The lowest BCUT2D eigenvalue weighted by molar-refractivity contribution is -0.141. The Hall–Kier alpha value is -0.980. The molecule has 0 aromatic heterocycles. The zero-order chi connectivity index (χ0) is 44.8. The molecule has 0 saturated heterocycles. The maximum Gasteiger partial charge on any atom is 0.334 e. The van der Waals surface area contributed by atoms with Crippen molar-refractivity contribution in [3.8, 4) is 0 Å². The van der Waals surface area contributed by atoms with Gasteiger partial charge in [0.2, 0.25) is 0 Å². The van der Waals surface area contributed by atoms with Crippen LogP contribution in [0.5, 0.6) is 0 Å². The van der Waals surface area contributed by atoms with E-state index in [1.54, 1.807) is 0 Å². The molecule has 2 aliphatic carbocycles. The Balaban J connectivity index is 0.00000122. The summed E-state index contributed by atoms with van der Waals surface area (Å²) in [6.07, 6.45) is 16.2. The summed E-state index contributed by atoms with van der Waals surface area (Å²) >= 11 is 0. The summed E-state index contributed by atoms with van der Waals surface area (Å²) in [5.41, 5.74) is 9.14. The fraction of sp³-hybridized carbons (Fsp3) is 0.760. The van der Waals surface area contributed by atoms with Gasteiger partial charge in [-0.25, -0.2) is 4.31 Å². The number of benzene rings is 2. The molecule has 0 bridgehead atoms. The van der Waals surface area contributed by atoms with Crippen molar-refractivity contribution in [3.63, 3.8) is 0 Å². The first-order valence-electron chi connectivity index (χ1n) is 22.9. The lowest BCUT2D eigenvalue weighted by Gasteiger charge is -2.61. The largest absolute Gasteiger partial charge is 0.396 e. The number of hydrogen-bond donors (Lipinski definition) is 6. The predicted octanol–water partition coefficient (Wildman–Crippen LogP) is 12.8. The molecular weight excluding hydrogens is 774 g/mol. The minimum Gasteiger partial charge on any atom is -0.396 e. The van der Waals surface area contributed by atoms with Crippen molar-refractivity contribution in [2.75, 3.05) is 6.61 Å². The van der Waals surface area contributed by atoms with Crippen LogP contribution < -0.4 is 0 Å². The smallest absolute Gasteiger partial charge is 0.334 e. The van der Waals surface area contributed by atoms with Crippen molar-refractivity contribution in [2.24, 2.45) is 11.8 Å². The molecule has 0 aliphatic heterocycles. The van der Waals surface area contributed by atoms with Crippen LogP contribution in [0.25, 0.3) is 0 Å². The molecule has 338 valence electrons. The molecule has 2 aromatic carbocycles. The maximum absolute atomic E-state index is 15.1. The fourth-order valence-electron chi connectivity index (χ4n) is 10.8. The highest BCUT2D eigenvalue weighted by Gasteiger charge is 2.63. The summed E-state index contributed by atoms with van der Waals surface area (Å²) in [5.74, 6) is 0.438. The fourth-order valence-corrected chi connectivity index (χ4v) is 11.3. The molecular formula is C50H86O7P2. The van der Waals surface area contributed by atoms with E-state index >= 15 is 5.11 Å². The molecule has 2 fully saturated rings. The van der Waals surface area contributed by atoms with E-state index in [1.807, 2.05) is 0 Å². The van der Waals surface area contributed by atoms with Crippen LogP contribution in [0.2, 0.25) is 0 Å². The highest BCUT2D eigenvalue weighted by molar-refractivity contribution is 7.53. The monoisotopic (exact) mass is 861 g/mol. The summed E-state index contributed by atoms with van der Waals surface area (Å²) in [5, 5.41) is 25.6. The van der Waals surface area contributed by atoms with Crippen LogP contribution in [-0.2, 0) is 44.2 Å². The van der Waals surface area contributed by atoms with Gasteiger partial charge in [-0.05, 0) is 136 Å². The maximum atomic E-state index is 15.1. The third kappa shape index (κ3) is 12.4. The minimum atomic E-state index is -2.61. The molecule has 0 atom stereocenters. The second-order valence-corrected chi connectivity index (χ2v) is 23.7. The number of hydrogen-bond acceptors (Lipinski definition) is 7. The topological polar surface area (TPSA) is 131 Å². The number of aliphatic hydroxyl groups is 2. The second kappa shape index (κ2) is 21.1. The van der Waals surface area contributed by atoms with Crippen molar-refractivity contribution in [1.29, 1.82) is 0 Å². The molecule has 59 heavy (non-hydrogen) atoms. The van der Waals surface area contributed by atoms with E-state index in [9.17, 15) is 5.11 Å². The second-order valence-electron chi connectivity index (χ2n) is 22.0. The van der Waals surface area contributed by atoms with E-state index in [-0.39, 0.29) is 40.1 Å². The third-order valence-electron chi connectivity index (χ3n) is 13.5. The van der Waals surface area contributed by atoms with Crippen molar-refractivity contribution in [3.05, 3.63) is 68.8 Å². The Morgan fingerprint density at radius 3 is 1.05 bits per heavy atom. The van der Waals surface area contributed by atoms with E-state index in [1.165, 1.54) is 83.0 Å². The lowest BCUT2D eigenvalue weighted by atomic mass is 9.45. The molecule has 2 aromatic rings. The van der Waals surface area contributed by atoms with Crippen LogP contribution >= 0.6 is 17.2 Å². The zero-order valence-electron chi connectivity index (χ0n) is 39.8. The number of aliphatic hydroxyl groups excluding tert-OH is 1. The highest BCUT2D eigenvalue weighted by atomic mass is 31.2. The van der Waals surface area contributed by atoms with Crippen molar-refractivity contribution >= 4 is 17.2 Å². The molecule has 2 aliphatic rings. The standard InChI is InChI=1S/C50H82O2.H4O5P2/c1-15-35-31-39(45(3,4)5)43(40(32-35)46(6,7)8)49(29-23-24-30-51,50(52,37-25-19-17-20-26-37)38-27-21-18-22-28-38)44-41(47(9,10)11)33-36(16-2)34-42(44)48(12,13)14;1-6(2)5-7(3)4/h31-34,37-38,51-52H,15-30H2,1-14H3;1-4H. The number of rotatable bonds is 13. The summed E-state index contributed by atoms with van der Waals surface area (Å²) in [6.45, 7) is 33.9. The van der Waals surface area contributed by atoms with Gasteiger partial charge in [-0.15, -0.1) is 0 Å². The summed E-state index contributed by atoms with van der Waals surface area (Å²) < 4.78 is 3.60. The van der Waals surface area contributed by atoms with Gasteiger partial charge < -0.3 is 29.8 Å². The van der Waals surface area contributed by atoms with Gasteiger partial charge in [-0.3, -0.25) is 0 Å². The van der Waals surface area contributed by atoms with Gasteiger partial charge in [0.05, 0.1) is 11.0 Å². The van der Waals surface area contributed by atoms with Gasteiger partial charge in [-0.1, -0.05) is 160 Å². The van der Waals surface area contributed by atoms with Gasteiger partial charge in [0.1, 0.15) is 0 Å². The normalized spacial score (nSPS) is 17.1. The Morgan fingerprint density at radius 1 is 0.525 bits per heavy atom. The molecule has 9 heteroatoms.